The van der Waals surface area contributed by atoms with E-state index in [0.29, 0.717) is 22.2 Å². The number of hydrogen-bond acceptors (Lipinski definition) is 6. The molecule has 0 atom stereocenters. The van der Waals surface area contributed by atoms with E-state index in [2.05, 4.69) is 20.6 Å². The molecule has 0 bridgehead atoms. The molecule has 2 aromatic heterocycles. The summed E-state index contributed by atoms with van der Waals surface area (Å²) in [4.78, 5) is 0. The summed E-state index contributed by atoms with van der Waals surface area (Å²) in [6, 6.07) is 25.8. The third kappa shape index (κ3) is 3.08. The molecule has 0 amide bonds. The molecule has 8 nitrogen and oxygen atoms in total. The monoisotopic (exact) mass is 434 g/mol. The molecule has 4 aromatic carbocycles. The van der Waals surface area contributed by atoms with E-state index in [-0.39, 0.29) is 18.2 Å². The fourth-order valence-electron chi connectivity index (χ4n) is 4.22. The molecular formula is C25H18N6O2. The van der Waals surface area contributed by atoms with Crippen molar-refractivity contribution in [3.63, 3.8) is 0 Å². The normalized spacial score (nSPS) is 11.4. The molecule has 0 aliphatic heterocycles. The molecule has 2 N–H and O–H groups in total. The molecule has 0 fully saturated rings. The minimum Gasteiger partial charge on any atom is -0.507 e. The van der Waals surface area contributed by atoms with Gasteiger partial charge in [0.25, 0.3) is 0 Å². The quantitative estimate of drug-likeness (QED) is 0.426. The average molecular weight is 434 g/mol. The van der Waals surface area contributed by atoms with Gasteiger partial charge in [-0.15, -0.1) is 10.2 Å². The molecule has 2 heterocycles. The number of rotatable bonds is 4. The van der Waals surface area contributed by atoms with Crippen LogP contribution in [-0.2, 0) is 6.67 Å². The van der Waals surface area contributed by atoms with Crippen LogP contribution >= 0.6 is 0 Å². The van der Waals surface area contributed by atoms with E-state index in [1.54, 1.807) is 33.6 Å². The topological polar surface area (TPSA) is 102 Å². The largest absolute Gasteiger partial charge is 0.507 e. The van der Waals surface area contributed by atoms with Crippen molar-refractivity contribution in [1.82, 2.24) is 30.0 Å². The van der Waals surface area contributed by atoms with Gasteiger partial charge in [0.15, 0.2) is 0 Å². The molecule has 0 aliphatic carbocycles. The Morgan fingerprint density at radius 1 is 0.515 bits per heavy atom. The van der Waals surface area contributed by atoms with Crippen LogP contribution in [0.25, 0.3) is 44.3 Å². The van der Waals surface area contributed by atoms with Gasteiger partial charge in [0.2, 0.25) is 0 Å². The number of benzene rings is 4. The first-order valence-electron chi connectivity index (χ1n) is 10.4. The number of nitrogens with zero attached hydrogens (tertiary/aromatic N) is 6. The van der Waals surface area contributed by atoms with Crippen LogP contribution in [0.4, 0.5) is 0 Å². The van der Waals surface area contributed by atoms with Crippen LogP contribution < -0.4 is 0 Å². The smallest absolute Gasteiger partial charge is 0.138 e. The second-order valence-corrected chi connectivity index (χ2v) is 7.70. The Hall–Kier alpha value is -4.72. The average Bonchev–Trinajstić information content (AvgIpc) is 3.45. The Bertz CT molecular complexity index is 1510. The third-order valence-corrected chi connectivity index (χ3v) is 5.72. The Morgan fingerprint density at radius 3 is 1.39 bits per heavy atom. The zero-order valence-corrected chi connectivity index (χ0v) is 17.4. The lowest BCUT2D eigenvalue weighted by molar-refractivity contribution is 0.477. The summed E-state index contributed by atoms with van der Waals surface area (Å²) in [5, 5.41) is 38.2. The van der Waals surface area contributed by atoms with Gasteiger partial charge in [0.05, 0.1) is 11.0 Å². The van der Waals surface area contributed by atoms with Crippen molar-refractivity contribution in [2.24, 2.45) is 0 Å². The number of phenols is 2. The van der Waals surface area contributed by atoms with Crippen molar-refractivity contribution in [2.75, 3.05) is 0 Å². The lowest BCUT2D eigenvalue weighted by atomic mass is 10.0. The standard InChI is InChI=1S/C25H18N6O2/c32-22-13-3-1-7-16(22)18-9-5-11-20-24(18)30(28-26-20)15-31-25-19(10-6-12-21(25)27-29-31)17-8-2-4-14-23(17)33/h1-14,32-33H,15H2. The van der Waals surface area contributed by atoms with Crippen molar-refractivity contribution in [3.8, 4) is 33.8 Å². The van der Waals surface area contributed by atoms with Gasteiger partial charge in [-0.2, -0.15) is 0 Å². The van der Waals surface area contributed by atoms with Crippen LogP contribution in [0.5, 0.6) is 11.5 Å². The van der Waals surface area contributed by atoms with Crippen LogP contribution in [0.3, 0.4) is 0 Å². The molecule has 0 spiro atoms. The molecule has 0 saturated carbocycles. The van der Waals surface area contributed by atoms with Crippen LogP contribution in [0.1, 0.15) is 0 Å². The van der Waals surface area contributed by atoms with Crippen LogP contribution in [0.15, 0.2) is 84.9 Å². The fourth-order valence-corrected chi connectivity index (χ4v) is 4.22. The van der Waals surface area contributed by atoms with Crippen molar-refractivity contribution >= 4 is 22.1 Å². The second kappa shape index (κ2) is 7.45. The molecule has 8 heteroatoms. The zero-order chi connectivity index (χ0) is 22.4. The SMILES string of the molecule is Oc1ccccc1-c1cccc2nnn(Cn3nnc4cccc(-c5ccccc5O)c43)c12. The minimum atomic E-state index is 0.186. The highest BCUT2D eigenvalue weighted by molar-refractivity contribution is 5.94. The van der Waals surface area contributed by atoms with E-state index in [0.717, 1.165) is 22.2 Å². The number of para-hydroxylation sites is 4. The van der Waals surface area contributed by atoms with Gasteiger partial charge in [-0.1, -0.05) is 71.1 Å². The Balaban J connectivity index is 1.53. The van der Waals surface area contributed by atoms with E-state index in [1.807, 2.05) is 60.7 Å². The fraction of sp³-hybridized carbons (Fsp3) is 0.0400. The third-order valence-electron chi connectivity index (χ3n) is 5.72. The highest BCUT2D eigenvalue weighted by atomic mass is 16.3. The molecule has 0 aliphatic rings. The highest BCUT2D eigenvalue weighted by Gasteiger charge is 2.17. The number of fused-ring (bicyclic) bond motifs is 2. The van der Waals surface area contributed by atoms with Gasteiger partial charge >= 0.3 is 0 Å². The summed E-state index contributed by atoms with van der Waals surface area (Å²) in [7, 11) is 0. The predicted octanol–water partition coefficient (Wildman–Crippen LogP) is 4.43. The summed E-state index contributed by atoms with van der Waals surface area (Å²) < 4.78 is 3.49. The van der Waals surface area contributed by atoms with Gasteiger partial charge in [-0.25, -0.2) is 9.36 Å². The molecule has 160 valence electrons. The molecule has 33 heavy (non-hydrogen) atoms. The number of aromatic hydroxyl groups is 2. The maximum absolute atomic E-state index is 10.4. The molecule has 6 rings (SSSR count). The summed E-state index contributed by atoms with van der Waals surface area (Å²) in [6.45, 7) is 0.252. The maximum atomic E-state index is 10.4. The van der Waals surface area contributed by atoms with E-state index >= 15 is 0 Å². The van der Waals surface area contributed by atoms with Gasteiger partial charge in [0.1, 0.15) is 29.2 Å². The van der Waals surface area contributed by atoms with Crippen LogP contribution in [0, 0.1) is 0 Å². The molecule has 0 unspecified atom stereocenters. The van der Waals surface area contributed by atoms with Crippen molar-refractivity contribution in [1.29, 1.82) is 0 Å². The lowest BCUT2D eigenvalue weighted by Crippen LogP contribution is -2.12. The molecule has 0 radical (unpaired) electrons. The van der Waals surface area contributed by atoms with E-state index in [1.165, 1.54) is 0 Å². The number of phenolic OH excluding ortho intramolecular Hbond substituents is 2. The Labute approximate surface area is 188 Å². The maximum Gasteiger partial charge on any atom is 0.138 e. The Morgan fingerprint density at radius 2 is 0.939 bits per heavy atom. The Kier molecular flexibility index (Phi) is 4.29. The summed E-state index contributed by atoms with van der Waals surface area (Å²) in [6.07, 6.45) is 0. The van der Waals surface area contributed by atoms with Crippen LogP contribution in [0.2, 0.25) is 0 Å². The van der Waals surface area contributed by atoms with Gasteiger partial charge < -0.3 is 10.2 Å². The van der Waals surface area contributed by atoms with Gasteiger partial charge in [0, 0.05) is 22.3 Å². The summed E-state index contributed by atoms with van der Waals surface area (Å²) in [5.74, 6) is 0.372. The molecular weight excluding hydrogens is 416 g/mol. The first-order valence-corrected chi connectivity index (χ1v) is 10.4. The van der Waals surface area contributed by atoms with Gasteiger partial charge in [-0.05, 0) is 24.3 Å². The number of hydrogen-bond donors (Lipinski definition) is 2. The minimum absolute atomic E-state index is 0.186. The first kappa shape index (κ1) is 19.0. The van der Waals surface area contributed by atoms with E-state index < -0.39 is 0 Å². The highest BCUT2D eigenvalue weighted by Crippen LogP contribution is 2.35. The molecule has 0 saturated heterocycles. The number of aromatic nitrogens is 6. The lowest BCUT2D eigenvalue weighted by Gasteiger charge is -2.11. The zero-order valence-electron chi connectivity index (χ0n) is 17.4. The van der Waals surface area contributed by atoms with Crippen LogP contribution in [-0.4, -0.2) is 40.2 Å². The predicted molar refractivity (Wildman–Crippen MR) is 125 cm³/mol. The first-order chi connectivity index (χ1) is 16.2. The molecule has 6 aromatic rings. The summed E-state index contributed by atoms with van der Waals surface area (Å²) >= 11 is 0. The summed E-state index contributed by atoms with van der Waals surface area (Å²) in [5.41, 5.74) is 6.02. The van der Waals surface area contributed by atoms with E-state index in [4.69, 9.17) is 0 Å². The van der Waals surface area contributed by atoms with Crippen molar-refractivity contribution in [3.05, 3.63) is 84.9 Å². The van der Waals surface area contributed by atoms with Crippen molar-refractivity contribution < 1.29 is 10.2 Å². The van der Waals surface area contributed by atoms with E-state index in [9.17, 15) is 10.2 Å². The van der Waals surface area contributed by atoms with Gasteiger partial charge in [-0.3, -0.25) is 0 Å². The van der Waals surface area contributed by atoms with Crippen molar-refractivity contribution in [2.45, 2.75) is 6.67 Å². The second-order valence-electron chi connectivity index (χ2n) is 7.70.